The highest BCUT2D eigenvalue weighted by Gasteiger charge is 2.51. The number of hydrogen-bond acceptors (Lipinski definition) is 5. The lowest BCUT2D eigenvalue weighted by Crippen LogP contribution is -2.55. The van der Waals surface area contributed by atoms with Gasteiger partial charge in [-0.1, -0.05) is 11.6 Å². The number of benzene rings is 2. The number of sulfonamides is 1. The van der Waals surface area contributed by atoms with Crippen LogP contribution < -0.4 is 4.74 Å². The molecule has 2 fully saturated rings. The minimum Gasteiger partial charge on any atom is -0.491 e. The Labute approximate surface area is 193 Å². The number of nitrogens with zero attached hydrogens (tertiary/aromatic N) is 2. The second-order valence-corrected chi connectivity index (χ2v) is 10.6. The molecule has 2 aromatic rings. The molecule has 2 aliphatic heterocycles. The molecule has 2 saturated heterocycles. The Balaban J connectivity index is 1.46. The van der Waals surface area contributed by atoms with Gasteiger partial charge >= 0.3 is 0 Å². The van der Waals surface area contributed by atoms with E-state index in [1.165, 1.54) is 16.4 Å². The van der Waals surface area contributed by atoms with Crippen molar-refractivity contribution in [2.45, 2.75) is 43.4 Å². The molecule has 2 aliphatic rings. The number of hydrogen-bond donors (Lipinski definition) is 0. The van der Waals surface area contributed by atoms with Crippen molar-refractivity contribution in [1.29, 1.82) is 0 Å². The molecule has 0 aromatic heterocycles. The van der Waals surface area contributed by atoms with Crippen LogP contribution in [0.25, 0.3) is 0 Å². The summed E-state index contributed by atoms with van der Waals surface area (Å²) in [5.74, 6) is 0.637. The van der Waals surface area contributed by atoms with E-state index in [1.807, 2.05) is 13.8 Å². The van der Waals surface area contributed by atoms with E-state index in [4.69, 9.17) is 21.1 Å². The zero-order valence-corrected chi connectivity index (χ0v) is 19.7. The van der Waals surface area contributed by atoms with Gasteiger partial charge in [0.25, 0.3) is 5.91 Å². The van der Waals surface area contributed by atoms with E-state index >= 15 is 0 Å². The average molecular weight is 479 g/mol. The van der Waals surface area contributed by atoms with Crippen molar-refractivity contribution in [3.8, 4) is 5.75 Å². The van der Waals surface area contributed by atoms with Gasteiger partial charge in [-0.15, -0.1) is 0 Å². The molecular weight excluding hydrogens is 452 g/mol. The molecule has 7 nitrogen and oxygen atoms in total. The van der Waals surface area contributed by atoms with E-state index in [2.05, 4.69) is 0 Å². The van der Waals surface area contributed by atoms with Crippen molar-refractivity contribution in [3.05, 3.63) is 59.1 Å². The van der Waals surface area contributed by atoms with Gasteiger partial charge in [-0.2, -0.15) is 4.31 Å². The van der Waals surface area contributed by atoms with Crippen LogP contribution in [-0.4, -0.2) is 61.6 Å². The third kappa shape index (κ3) is 4.50. The normalized spacial score (nSPS) is 18.9. The van der Waals surface area contributed by atoms with Gasteiger partial charge in [0.15, 0.2) is 0 Å². The topological polar surface area (TPSA) is 76.2 Å². The van der Waals surface area contributed by atoms with Crippen LogP contribution in [0.5, 0.6) is 5.75 Å². The summed E-state index contributed by atoms with van der Waals surface area (Å²) in [5, 5.41) is 0.479. The van der Waals surface area contributed by atoms with Crippen LogP contribution in [0.3, 0.4) is 0 Å². The molecule has 0 aliphatic carbocycles. The van der Waals surface area contributed by atoms with Crippen LogP contribution in [0.15, 0.2) is 53.4 Å². The first kappa shape index (κ1) is 23.0. The summed E-state index contributed by atoms with van der Waals surface area (Å²) in [6.45, 7) is 5.34. The van der Waals surface area contributed by atoms with Crippen molar-refractivity contribution in [1.82, 2.24) is 9.21 Å². The number of rotatable bonds is 5. The predicted molar refractivity (Wildman–Crippen MR) is 121 cm³/mol. The molecule has 2 heterocycles. The third-order valence-electron chi connectivity index (χ3n) is 5.83. The van der Waals surface area contributed by atoms with Crippen LogP contribution in [0.4, 0.5) is 0 Å². The van der Waals surface area contributed by atoms with E-state index in [9.17, 15) is 13.2 Å². The van der Waals surface area contributed by atoms with Gasteiger partial charge < -0.3 is 14.4 Å². The van der Waals surface area contributed by atoms with E-state index in [0.29, 0.717) is 43.1 Å². The monoisotopic (exact) mass is 478 g/mol. The van der Waals surface area contributed by atoms with E-state index in [1.54, 1.807) is 41.3 Å². The SMILES string of the molecule is CC(C)Oc1ccc(C(=O)N2CCC3(CC2)OCCN3S(=O)(=O)c2ccc(Cl)cc2)cc1. The molecule has 0 atom stereocenters. The van der Waals surface area contributed by atoms with Crippen molar-refractivity contribution < 1.29 is 22.7 Å². The first-order chi connectivity index (χ1) is 15.2. The number of carbonyl (C=O) groups excluding carboxylic acids is 1. The van der Waals surface area contributed by atoms with Gasteiger partial charge in [0, 0.05) is 43.1 Å². The van der Waals surface area contributed by atoms with Crippen molar-refractivity contribution in [3.63, 3.8) is 0 Å². The highest BCUT2D eigenvalue weighted by Crippen LogP contribution is 2.38. The second kappa shape index (κ2) is 9.02. The Morgan fingerprint density at radius 3 is 2.25 bits per heavy atom. The van der Waals surface area contributed by atoms with Crippen LogP contribution in [0.1, 0.15) is 37.0 Å². The van der Waals surface area contributed by atoms with Crippen molar-refractivity contribution in [2.75, 3.05) is 26.2 Å². The molecule has 0 saturated carbocycles. The minimum atomic E-state index is -3.74. The van der Waals surface area contributed by atoms with Gasteiger partial charge in [-0.05, 0) is 62.4 Å². The van der Waals surface area contributed by atoms with Gasteiger partial charge in [0.1, 0.15) is 11.5 Å². The molecule has 0 N–H and O–H groups in total. The Bertz CT molecular complexity index is 1060. The molecule has 0 bridgehead atoms. The molecule has 4 rings (SSSR count). The predicted octanol–water partition coefficient (Wildman–Crippen LogP) is 3.78. The summed E-state index contributed by atoms with van der Waals surface area (Å²) in [6.07, 6.45) is 0.897. The number of carbonyl (C=O) groups is 1. The molecule has 9 heteroatoms. The molecule has 172 valence electrons. The third-order valence-corrected chi connectivity index (χ3v) is 8.04. The number of amides is 1. The quantitative estimate of drug-likeness (QED) is 0.653. The lowest BCUT2D eigenvalue weighted by atomic mass is 10.00. The van der Waals surface area contributed by atoms with Gasteiger partial charge in [0.05, 0.1) is 17.6 Å². The minimum absolute atomic E-state index is 0.0633. The summed E-state index contributed by atoms with van der Waals surface area (Å²) in [4.78, 5) is 14.9. The Hall–Kier alpha value is -2.13. The standard InChI is InChI=1S/C23H27ClN2O5S/c1-17(2)31-20-7-3-18(4-8-20)22(27)25-13-11-23(12-14-25)26(15-16-30-23)32(28,29)21-9-5-19(24)6-10-21/h3-10,17H,11-16H2,1-2H3. The summed E-state index contributed by atoms with van der Waals surface area (Å²) < 4.78 is 39.6. The maximum Gasteiger partial charge on any atom is 0.253 e. The average Bonchev–Trinajstić information content (AvgIpc) is 3.18. The first-order valence-electron chi connectivity index (χ1n) is 10.7. The molecule has 2 aromatic carbocycles. The molecule has 1 amide bonds. The van der Waals surface area contributed by atoms with Crippen molar-refractivity contribution in [2.24, 2.45) is 0 Å². The summed E-state index contributed by atoms with van der Waals surface area (Å²) in [5.41, 5.74) is -0.348. The molecule has 0 unspecified atom stereocenters. The highest BCUT2D eigenvalue weighted by atomic mass is 35.5. The fraction of sp³-hybridized carbons (Fsp3) is 0.435. The maximum absolute atomic E-state index is 13.3. The molecular formula is C23H27ClN2O5S. The van der Waals surface area contributed by atoms with Crippen LogP contribution in [0, 0.1) is 0 Å². The largest absolute Gasteiger partial charge is 0.491 e. The second-order valence-electron chi connectivity index (χ2n) is 8.31. The van der Waals surface area contributed by atoms with Crippen LogP contribution in [-0.2, 0) is 14.8 Å². The Kier molecular flexibility index (Phi) is 6.49. The highest BCUT2D eigenvalue weighted by molar-refractivity contribution is 7.89. The first-order valence-corrected chi connectivity index (χ1v) is 12.5. The molecule has 0 radical (unpaired) electrons. The van der Waals surface area contributed by atoms with Gasteiger partial charge in [-0.25, -0.2) is 8.42 Å². The number of ether oxygens (including phenoxy) is 2. The molecule has 32 heavy (non-hydrogen) atoms. The van der Waals surface area contributed by atoms with E-state index < -0.39 is 15.7 Å². The Morgan fingerprint density at radius 2 is 1.66 bits per heavy atom. The number of piperidine rings is 1. The number of halogens is 1. The van der Waals surface area contributed by atoms with Gasteiger partial charge in [-0.3, -0.25) is 4.79 Å². The zero-order chi connectivity index (χ0) is 22.9. The smallest absolute Gasteiger partial charge is 0.253 e. The van der Waals surface area contributed by atoms with E-state index in [-0.39, 0.29) is 23.5 Å². The van der Waals surface area contributed by atoms with Crippen molar-refractivity contribution >= 4 is 27.5 Å². The molecule has 1 spiro atoms. The van der Waals surface area contributed by atoms with Gasteiger partial charge in [0.2, 0.25) is 10.0 Å². The number of likely N-dealkylation sites (tertiary alicyclic amines) is 1. The van der Waals surface area contributed by atoms with Crippen LogP contribution in [0.2, 0.25) is 5.02 Å². The zero-order valence-electron chi connectivity index (χ0n) is 18.2. The maximum atomic E-state index is 13.3. The summed E-state index contributed by atoms with van der Waals surface area (Å²) in [7, 11) is -3.74. The lowest BCUT2D eigenvalue weighted by Gasteiger charge is -2.42. The summed E-state index contributed by atoms with van der Waals surface area (Å²) in [6, 6.07) is 13.2. The fourth-order valence-electron chi connectivity index (χ4n) is 4.25. The Morgan fingerprint density at radius 1 is 1.03 bits per heavy atom. The lowest BCUT2D eigenvalue weighted by molar-refractivity contribution is -0.0857. The summed E-state index contributed by atoms with van der Waals surface area (Å²) >= 11 is 5.91. The fourth-order valence-corrected chi connectivity index (χ4v) is 6.10. The van der Waals surface area contributed by atoms with E-state index in [0.717, 1.165) is 5.75 Å². The van der Waals surface area contributed by atoms with Crippen LogP contribution >= 0.6 is 11.6 Å².